The predicted octanol–water partition coefficient (Wildman–Crippen LogP) is 5.76. The molecule has 10 heteroatoms. The van der Waals surface area contributed by atoms with E-state index in [9.17, 15) is 19.0 Å². The van der Waals surface area contributed by atoms with Crippen LogP contribution in [0.1, 0.15) is 34.3 Å². The third kappa shape index (κ3) is 5.08. The van der Waals surface area contributed by atoms with Crippen molar-refractivity contribution in [2.45, 2.75) is 12.1 Å². The van der Waals surface area contributed by atoms with Gasteiger partial charge in [0, 0.05) is 60.5 Å². The molecule has 1 aliphatic heterocycles. The molecule has 2 aromatic heterocycles. The van der Waals surface area contributed by atoms with Crippen molar-refractivity contribution in [3.05, 3.63) is 132 Å². The zero-order chi connectivity index (χ0) is 30.2. The molecule has 7 rings (SSSR count). The summed E-state index contributed by atoms with van der Waals surface area (Å²) in [7, 11) is 0. The Kier molecular flexibility index (Phi) is 7.29. The normalized spacial score (nSPS) is 15.9. The summed E-state index contributed by atoms with van der Waals surface area (Å²) in [5, 5.41) is 24.2. The van der Waals surface area contributed by atoms with E-state index in [1.807, 2.05) is 24.3 Å². The van der Waals surface area contributed by atoms with Crippen molar-refractivity contribution in [3.8, 4) is 11.5 Å². The van der Waals surface area contributed by atoms with Crippen LogP contribution in [0.2, 0.25) is 0 Å². The van der Waals surface area contributed by atoms with Gasteiger partial charge in [-0.25, -0.2) is 28.7 Å². The Balaban J connectivity index is 1.25. The first kappa shape index (κ1) is 27.8. The van der Waals surface area contributed by atoms with Gasteiger partial charge in [-0.15, -0.1) is 0 Å². The molecular formula is C34H28F2N6O2. The van der Waals surface area contributed by atoms with Crippen LogP contribution in [0.5, 0.6) is 11.5 Å². The molecule has 0 radical (unpaired) electrons. The zero-order valence-electron chi connectivity index (χ0n) is 23.6. The number of fused-ring (bicyclic) bond motifs is 2. The first-order chi connectivity index (χ1) is 21.5. The molecule has 4 aromatic carbocycles. The van der Waals surface area contributed by atoms with Gasteiger partial charge in [-0.3, -0.25) is 9.80 Å². The Morgan fingerprint density at radius 3 is 1.32 bits per heavy atom. The molecule has 6 aromatic rings. The summed E-state index contributed by atoms with van der Waals surface area (Å²) in [6.45, 7) is 2.38. The monoisotopic (exact) mass is 590 g/mol. The maximum Gasteiger partial charge on any atom is 0.147 e. The lowest BCUT2D eigenvalue weighted by Gasteiger charge is -2.43. The molecular weight excluding hydrogens is 562 g/mol. The van der Waals surface area contributed by atoms with Gasteiger partial charge in [0.1, 0.15) is 46.8 Å². The van der Waals surface area contributed by atoms with Gasteiger partial charge in [-0.05, 0) is 35.4 Å². The predicted molar refractivity (Wildman–Crippen MR) is 162 cm³/mol. The van der Waals surface area contributed by atoms with Gasteiger partial charge in [0.15, 0.2) is 0 Å². The fourth-order valence-electron chi connectivity index (χ4n) is 6.27. The summed E-state index contributed by atoms with van der Waals surface area (Å²) >= 11 is 0. The summed E-state index contributed by atoms with van der Waals surface area (Å²) in [5.41, 5.74) is 3.91. The van der Waals surface area contributed by atoms with Crippen LogP contribution in [-0.2, 0) is 0 Å². The minimum atomic E-state index is -0.368. The van der Waals surface area contributed by atoms with Crippen molar-refractivity contribution in [2.75, 3.05) is 26.2 Å². The molecule has 1 aliphatic rings. The lowest BCUT2D eigenvalue weighted by molar-refractivity contribution is 0.0885. The average molecular weight is 591 g/mol. The Morgan fingerprint density at radius 1 is 0.545 bits per heavy atom. The Labute approximate surface area is 251 Å². The zero-order valence-corrected chi connectivity index (χ0v) is 23.6. The fourth-order valence-corrected chi connectivity index (χ4v) is 6.27. The second-order valence-corrected chi connectivity index (χ2v) is 10.9. The largest absolute Gasteiger partial charge is 0.505 e. The van der Waals surface area contributed by atoms with Crippen molar-refractivity contribution in [2.24, 2.45) is 0 Å². The summed E-state index contributed by atoms with van der Waals surface area (Å²) < 4.78 is 27.9. The first-order valence-corrected chi connectivity index (χ1v) is 14.3. The second-order valence-electron chi connectivity index (χ2n) is 10.9. The number of halogens is 2. The molecule has 2 unspecified atom stereocenters. The van der Waals surface area contributed by atoms with E-state index in [0.717, 1.165) is 21.9 Å². The minimum Gasteiger partial charge on any atom is -0.505 e. The number of phenolic OH excluding ortho intramolecular Hbond substituents is 2. The molecule has 1 fully saturated rings. The molecule has 220 valence electrons. The summed E-state index contributed by atoms with van der Waals surface area (Å²) in [6, 6.07) is 19.4. The standard InChI is InChI=1S/C34H28F2N6O2/c35-25-7-1-21(2-8-25)31(27-11-5-23-17-37-19-39-29(23)33(27)43)41-13-15-42(16-14-41)32(22-3-9-26(36)10-4-22)28-12-6-24-18-38-20-40-30(24)34(28)44/h1-12,17-20,31-32,43-44H,13-16H2. The van der Waals surface area contributed by atoms with Gasteiger partial charge in [0.25, 0.3) is 0 Å². The number of hydrogen-bond donors (Lipinski definition) is 2. The van der Waals surface area contributed by atoms with Crippen LogP contribution >= 0.6 is 0 Å². The van der Waals surface area contributed by atoms with Crippen molar-refractivity contribution < 1.29 is 19.0 Å². The molecule has 0 saturated carbocycles. The molecule has 2 atom stereocenters. The van der Waals surface area contributed by atoms with Gasteiger partial charge in [-0.1, -0.05) is 48.5 Å². The van der Waals surface area contributed by atoms with E-state index in [2.05, 4.69) is 29.7 Å². The highest BCUT2D eigenvalue weighted by atomic mass is 19.1. The SMILES string of the molecule is Oc1c(C(c2ccc(F)cc2)N2CCN(C(c3ccc(F)cc3)c3ccc4cncnc4c3O)CC2)ccc2cncnc12. The molecule has 3 heterocycles. The fraction of sp³-hybridized carbons (Fsp3) is 0.176. The molecule has 0 aliphatic carbocycles. The summed E-state index contributed by atoms with van der Waals surface area (Å²) in [4.78, 5) is 21.2. The quantitative estimate of drug-likeness (QED) is 0.253. The third-order valence-corrected chi connectivity index (χ3v) is 8.40. The van der Waals surface area contributed by atoms with E-state index in [1.54, 1.807) is 36.7 Å². The number of benzene rings is 4. The number of piperazine rings is 1. The number of aromatic hydroxyl groups is 2. The number of phenols is 2. The maximum atomic E-state index is 14.0. The highest BCUT2D eigenvalue weighted by molar-refractivity contribution is 5.86. The lowest BCUT2D eigenvalue weighted by Crippen LogP contribution is -2.49. The Morgan fingerprint density at radius 2 is 0.932 bits per heavy atom. The van der Waals surface area contributed by atoms with E-state index < -0.39 is 0 Å². The Bertz CT molecular complexity index is 1800. The van der Waals surface area contributed by atoms with E-state index in [1.165, 1.54) is 36.9 Å². The molecule has 44 heavy (non-hydrogen) atoms. The van der Waals surface area contributed by atoms with E-state index in [4.69, 9.17) is 0 Å². The van der Waals surface area contributed by atoms with Gasteiger partial charge >= 0.3 is 0 Å². The Hall–Kier alpha value is -5.06. The highest BCUT2D eigenvalue weighted by Gasteiger charge is 2.33. The van der Waals surface area contributed by atoms with Crippen LogP contribution in [0.4, 0.5) is 8.78 Å². The minimum absolute atomic E-state index is 0.0638. The summed E-state index contributed by atoms with van der Waals surface area (Å²) in [5.74, 6) is -0.548. The lowest BCUT2D eigenvalue weighted by atomic mass is 9.92. The molecule has 2 N–H and O–H groups in total. The molecule has 8 nitrogen and oxygen atoms in total. The average Bonchev–Trinajstić information content (AvgIpc) is 3.06. The maximum absolute atomic E-state index is 14.0. The van der Waals surface area contributed by atoms with Crippen molar-refractivity contribution in [1.82, 2.24) is 29.7 Å². The van der Waals surface area contributed by atoms with Gasteiger partial charge < -0.3 is 10.2 Å². The van der Waals surface area contributed by atoms with Crippen LogP contribution in [-0.4, -0.2) is 66.1 Å². The number of rotatable bonds is 6. The number of nitrogens with zero attached hydrogens (tertiary/aromatic N) is 6. The number of hydrogen-bond acceptors (Lipinski definition) is 8. The van der Waals surface area contributed by atoms with Crippen molar-refractivity contribution in [3.63, 3.8) is 0 Å². The topological polar surface area (TPSA) is 98.5 Å². The van der Waals surface area contributed by atoms with E-state index in [0.29, 0.717) is 48.3 Å². The third-order valence-electron chi connectivity index (χ3n) is 8.40. The van der Waals surface area contributed by atoms with Crippen LogP contribution in [0, 0.1) is 11.6 Å². The molecule has 0 amide bonds. The molecule has 1 saturated heterocycles. The smallest absolute Gasteiger partial charge is 0.147 e. The first-order valence-electron chi connectivity index (χ1n) is 14.3. The van der Waals surface area contributed by atoms with E-state index >= 15 is 0 Å². The van der Waals surface area contributed by atoms with Gasteiger partial charge in [0.05, 0.1) is 12.1 Å². The molecule has 0 bridgehead atoms. The van der Waals surface area contributed by atoms with Crippen LogP contribution in [0.25, 0.3) is 21.8 Å². The number of aromatic nitrogens is 4. The van der Waals surface area contributed by atoms with Crippen LogP contribution in [0.15, 0.2) is 97.8 Å². The van der Waals surface area contributed by atoms with Crippen LogP contribution in [0.3, 0.4) is 0 Å². The van der Waals surface area contributed by atoms with Gasteiger partial charge in [0.2, 0.25) is 0 Å². The van der Waals surface area contributed by atoms with Crippen molar-refractivity contribution >= 4 is 21.8 Å². The van der Waals surface area contributed by atoms with Crippen LogP contribution < -0.4 is 0 Å². The molecule has 0 spiro atoms. The second kappa shape index (κ2) is 11.6. The summed E-state index contributed by atoms with van der Waals surface area (Å²) in [6.07, 6.45) is 6.12. The highest BCUT2D eigenvalue weighted by Crippen LogP contribution is 2.41. The van der Waals surface area contributed by atoms with E-state index in [-0.39, 0.29) is 35.2 Å². The van der Waals surface area contributed by atoms with Crippen molar-refractivity contribution in [1.29, 1.82) is 0 Å². The van der Waals surface area contributed by atoms with Gasteiger partial charge in [-0.2, -0.15) is 0 Å².